The Hall–Kier alpha value is -2.54. The third-order valence-electron chi connectivity index (χ3n) is 5.88. The van der Waals surface area contributed by atoms with Gasteiger partial charge in [-0.25, -0.2) is 0 Å². The van der Waals surface area contributed by atoms with Crippen molar-refractivity contribution in [3.8, 4) is 11.3 Å². The highest BCUT2D eigenvalue weighted by molar-refractivity contribution is 6.42. The lowest BCUT2D eigenvalue weighted by molar-refractivity contribution is 0.102. The highest BCUT2D eigenvalue weighted by atomic mass is 35.5. The molecule has 0 saturated carbocycles. The lowest BCUT2D eigenvalue weighted by Gasteiger charge is -2.27. The zero-order valence-electron chi connectivity index (χ0n) is 18.3. The van der Waals surface area contributed by atoms with Gasteiger partial charge in [0, 0.05) is 49.2 Å². The molecule has 0 spiro atoms. The number of carbonyl (C=O) groups is 1. The van der Waals surface area contributed by atoms with Crippen molar-refractivity contribution in [1.29, 1.82) is 0 Å². The second-order valence-electron chi connectivity index (χ2n) is 8.09. The first-order valence-corrected chi connectivity index (χ1v) is 11.6. The molecular formula is C26H24Cl3N3O2. The summed E-state index contributed by atoms with van der Waals surface area (Å²) >= 11 is 12.1. The van der Waals surface area contributed by atoms with Crippen molar-refractivity contribution in [2.45, 2.75) is 6.54 Å². The molecule has 5 rings (SSSR count). The Morgan fingerprint density at radius 3 is 2.56 bits per heavy atom. The van der Waals surface area contributed by atoms with Gasteiger partial charge in [0.05, 0.1) is 15.7 Å². The molecule has 1 saturated heterocycles. The van der Waals surface area contributed by atoms with Crippen LogP contribution in [0.4, 0.5) is 5.69 Å². The fourth-order valence-corrected chi connectivity index (χ4v) is 4.44. The van der Waals surface area contributed by atoms with Crippen molar-refractivity contribution in [2.24, 2.45) is 0 Å². The summed E-state index contributed by atoms with van der Waals surface area (Å²) in [6, 6.07) is 20.7. The normalized spacial score (nSPS) is 14.1. The number of hydrogen-bond donors (Lipinski definition) is 2. The highest BCUT2D eigenvalue weighted by Gasteiger charge is 2.17. The van der Waals surface area contributed by atoms with Gasteiger partial charge in [-0.05, 0) is 48.0 Å². The molecule has 8 heteroatoms. The van der Waals surface area contributed by atoms with Gasteiger partial charge >= 0.3 is 0 Å². The van der Waals surface area contributed by atoms with Crippen molar-refractivity contribution in [3.05, 3.63) is 87.9 Å². The number of anilines is 1. The standard InChI is InChI=1S/C26H23Cl2N3O2.ClH/c27-21-9-8-17(14-22(21)28)26(32)30-23-6-2-1-5-19(23)25-15-20-18(4-3-7-24(20)33-25)16-31-12-10-29-11-13-31;/h1-9,14-15,29H,10-13,16H2,(H,30,32);1H. The maximum atomic E-state index is 12.9. The molecule has 0 bridgehead atoms. The molecule has 4 aromatic rings. The zero-order valence-corrected chi connectivity index (χ0v) is 20.6. The van der Waals surface area contributed by atoms with E-state index < -0.39 is 0 Å². The molecule has 3 aromatic carbocycles. The van der Waals surface area contributed by atoms with Gasteiger partial charge in [-0.15, -0.1) is 12.4 Å². The monoisotopic (exact) mass is 515 g/mol. The third kappa shape index (κ3) is 5.24. The lowest BCUT2D eigenvalue weighted by Crippen LogP contribution is -2.42. The molecule has 1 aliphatic heterocycles. The summed E-state index contributed by atoms with van der Waals surface area (Å²) < 4.78 is 6.23. The molecule has 1 amide bonds. The topological polar surface area (TPSA) is 57.5 Å². The van der Waals surface area contributed by atoms with Crippen molar-refractivity contribution >= 4 is 58.2 Å². The van der Waals surface area contributed by atoms with Crippen LogP contribution in [-0.2, 0) is 6.54 Å². The third-order valence-corrected chi connectivity index (χ3v) is 6.62. The molecule has 0 unspecified atom stereocenters. The molecule has 34 heavy (non-hydrogen) atoms. The SMILES string of the molecule is Cl.O=C(Nc1ccccc1-c1cc2c(CN3CCNCC3)cccc2o1)c1ccc(Cl)c(Cl)c1. The van der Waals surface area contributed by atoms with E-state index >= 15 is 0 Å². The summed E-state index contributed by atoms with van der Waals surface area (Å²) in [7, 11) is 0. The number of nitrogens with one attached hydrogen (secondary N) is 2. The molecule has 2 heterocycles. The van der Waals surface area contributed by atoms with Crippen LogP contribution in [0.25, 0.3) is 22.3 Å². The van der Waals surface area contributed by atoms with Gasteiger partial charge < -0.3 is 15.1 Å². The summed E-state index contributed by atoms with van der Waals surface area (Å²) in [5.41, 5.74) is 3.98. The first-order chi connectivity index (χ1) is 16.1. The van der Waals surface area contributed by atoms with Crippen LogP contribution in [0.2, 0.25) is 10.0 Å². The number of piperazine rings is 1. The Labute approximate surface area is 214 Å². The minimum absolute atomic E-state index is 0. The number of rotatable bonds is 5. The zero-order chi connectivity index (χ0) is 22.8. The quantitative estimate of drug-likeness (QED) is 0.318. The molecule has 1 aliphatic rings. The number of para-hydroxylation sites is 1. The molecule has 2 N–H and O–H groups in total. The number of amides is 1. The molecule has 0 aliphatic carbocycles. The fourth-order valence-electron chi connectivity index (χ4n) is 4.14. The number of furan rings is 1. The molecule has 0 radical (unpaired) electrons. The number of halogens is 3. The van der Waals surface area contributed by atoms with E-state index in [1.807, 2.05) is 36.4 Å². The van der Waals surface area contributed by atoms with Crippen LogP contribution >= 0.6 is 35.6 Å². The van der Waals surface area contributed by atoms with Crippen LogP contribution in [0, 0.1) is 0 Å². The van der Waals surface area contributed by atoms with Crippen molar-refractivity contribution < 1.29 is 9.21 Å². The van der Waals surface area contributed by atoms with E-state index in [2.05, 4.69) is 27.7 Å². The smallest absolute Gasteiger partial charge is 0.255 e. The summed E-state index contributed by atoms with van der Waals surface area (Å²) in [6.45, 7) is 4.97. The fraction of sp³-hybridized carbons (Fsp3) is 0.192. The average Bonchev–Trinajstić information content (AvgIpc) is 3.27. The maximum absolute atomic E-state index is 12.9. The van der Waals surface area contributed by atoms with Crippen LogP contribution in [0.1, 0.15) is 15.9 Å². The summed E-state index contributed by atoms with van der Waals surface area (Å²) in [5, 5.41) is 8.22. The Morgan fingerprint density at radius 1 is 0.971 bits per heavy atom. The highest BCUT2D eigenvalue weighted by Crippen LogP contribution is 2.35. The van der Waals surface area contributed by atoms with Gasteiger partial charge in [-0.1, -0.05) is 47.5 Å². The van der Waals surface area contributed by atoms with E-state index in [9.17, 15) is 4.79 Å². The number of hydrogen-bond acceptors (Lipinski definition) is 4. The molecule has 176 valence electrons. The molecule has 5 nitrogen and oxygen atoms in total. The summed E-state index contributed by atoms with van der Waals surface area (Å²) in [6.07, 6.45) is 0. The average molecular weight is 517 g/mol. The molecule has 0 atom stereocenters. The van der Waals surface area contributed by atoms with E-state index in [0.717, 1.165) is 49.3 Å². The van der Waals surface area contributed by atoms with Crippen LogP contribution < -0.4 is 10.6 Å². The van der Waals surface area contributed by atoms with E-state index in [0.29, 0.717) is 27.1 Å². The first-order valence-electron chi connectivity index (χ1n) is 10.9. The lowest BCUT2D eigenvalue weighted by atomic mass is 10.1. The molecule has 1 aromatic heterocycles. The van der Waals surface area contributed by atoms with Gasteiger partial charge in [0.1, 0.15) is 11.3 Å². The minimum Gasteiger partial charge on any atom is -0.456 e. The predicted molar refractivity (Wildman–Crippen MR) is 141 cm³/mol. The number of benzene rings is 3. The van der Waals surface area contributed by atoms with E-state index in [1.54, 1.807) is 18.2 Å². The summed E-state index contributed by atoms with van der Waals surface area (Å²) in [4.78, 5) is 15.3. The van der Waals surface area contributed by atoms with Crippen molar-refractivity contribution in [3.63, 3.8) is 0 Å². The Kier molecular flexibility index (Phi) is 7.81. The van der Waals surface area contributed by atoms with Crippen LogP contribution in [-0.4, -0.2) is 37.0 Å². The summed E-state index contributed by atoms with van der Waals surface area (Å²) in [5.74, 6) is 0.444. The van der Waals surface area contributed by atoms with Gasteiger partial charge in [0.2, 0.25) is 0 Å². The second kappa shape index (κ2) is 10.8. The van der Waals surface area contributed by atoms with Gasteiger partial charge in [-0.3, -0.25) is 9.69 Å². The Morgan fingerprint density at radius 2 is 1.76 bits per heavy atom. The van der Waals surface area contributed by atoms with Crippen molar-refractivity contribution in [1.82, 2.24) is 10.2 Å². The second-order valence-corrected chi connectivity index (χ2v) is 8.91. The maximum Gasteiger partial charge on any atom is 0.255 e. The van der Waals surface area contributed by atoms with E-state index in [1.165, 1.54) is 5.56 Å². The minimum atomic E-state index is -0.267. The predicted octanol–water partition coefficient (Wildman–Crippen LogP) is 6.49. The first kappa shape index (κ1) is 24.6. The largest absolute Gasteiger partial charge is 0.456 e. The van der Waals surface area contributed by atoms with E-state index in [-0.39, 0.29) is 18.3 Å². The van der Waals surface area contributed by atoms with Crippen LogP contribution in [0.15, 0.2) is 71.1 Å². The van der Waals surface area contributed by atoms with Gasteiger partial charge in [0.15, 0.2) is 0 Å². The van der Waals surface area contributed by atoms with Crippen molar-refractivity contribution in [2.75, 3.05) is 31.5 Å². The number of nitrogens with zero attached hydrogens (tertiary/aromatic N) is 1. The number of fused-ring (bicyclic) bond motifs is 1. The van der Waals surface area contributed by atoms with Crippen LogP contribution in [0.3, 0.4) is 0 Å². The van der Waals surface area contributed by atoms with Crippen LogP contribution in [0.5, 0.6) is 0 Å². The Balaban J connectivity index is 0.00000274. The molecule has 1 fully saturated rings. The Bertz CT molecular complexity index is 1320. The van der Waals surface area contributed by atoms with Gasteiger partial charge in [0.25, 0.3) is 5.91 Å². The number of carbonyl (C=O) groups excluding carboxylic acids is 1. The molecular weight excluding hydrogens is 493 g/mol. The van der Waals surface area contributed by atoms with E-state index in [4.69, 9.17) is 27.6 Å². The van der Waals surface area contributed by atoms with Gasteiger partial charge in [-0.2, -0.15) is 0 Å².